The molecule has 1 aromatic heterocycles. The SMILES string of the molecule is CC(C)C(NC(=O)Nc1ccc(C(F)(F)F)cc1)c1ncc[nH]1. The minimum absolute atomic E-state index is 0.0829. The molecular formula is C15H17F3N4O. The van der Waals surface area contributed by atoms with Gasteiger partial charge in [0.25, 0.3) is 0 Å². The molecule has 0 aliphatic rings. The van der Waals surface area contributed by atoms with Crippen molar-refractivity contribution >= 4 is 11.7 Å². The van der Waals surface area contributed by atoms with E-state index in [0.717, 1.165) is 12.1 Å². The van der Waals surface area contributed by atoms with Gasteiger partial charge in [-0.15, -0.1) is 0 Å². The first-order valence-electron chi connectivity index (χ1n) is 7.01. The van der Waals surface area contributed by atoms with Crippen molar-refractivity contribution in [2.75, 3.05) is 5.32 Å². The van der Waals surface area contributed by atoms with Crippen LogP contribution in [0, 0.1) is 5.92 Å². The lowest BCUT2D eigenvalue weighted by Crippen LogP contribution is -2.35. The molecule has 0 aliphatic carbocycles. The number of rotatable bonds is 4. The number of alkyl halides is 3. The average Bonchev–Trinajstić information content (AvgIpc) is 2.98. The molecule has 1 unspecified atom stereocenters. The van der Waals surface area contributed by atoms with Gasteiger partial charge in [0.1, 0.15) is 5.82 Å². The van der Waals surface area contributed by atoms with Gasteiger partial charge in [-0.25, -0.2) is 9.78 Å². The number of hydrogen-bond donors (Lipinski definition) is 3. The zero-order chi connectivity index (χ0) is 17.0. The minimum Gasteiger partial charge on any atom is -0.347 e. The monoisotopic (exact) mass is 326 g/mol. The first kappa shape index (κ1) is 16.9. The summed E-state index contributed by atoms with van der Waals surface area (Å²) in [5.74, 6) is 0.696. The van der Waals surface area contributed by atoms with Gasteiger partial charge >= 0.3 is 12.2 Å². The number of halogens is 3. The third-order valence-corrected chi connectivity index (χ3v) is 3.24. The standard InChI is InChI=1S/C15H17F3N4O/c1-9(2)12(13-19-7-8-20-13)22-14(23)21-11-5-3-10(4-6-11)15(16,17)18/h3-9,12H,1-2H3,(H,19,20)(H2,21,22,23). The van der Waals surface area contributed by atoms with E-state index in [1.54, 1.807) is 12.4 Å². The highest BCUT2D eigenvalue weighted by molar-refractivity contribution is 5.89. The van der Waals surface area contributed by atoms with E-state index in [0.29, 0.717) is 5.82 Å². The quantitative estimate of drug-likeness (QED) is 0.796. The van der Waals surface area contributed by atoms with Gasteiger partial charge in [-0.3, -0.25) is 0 Å². The van der Waals surface area contributed by atoms with Crippen molar-refractivity contribution in [3.05, 3.63) is 48.0 Å². The van der Waals surface area contributed by atoms with E-state index in [9.17, 15) is 18.0 Å². The van der Waals surface area contributed by atoms with Crippen molar-refractivity contribution in [1.82, 2.24) is 15.3 Å². The van der Waals surface area contributed by atoms with Crippen molar-refractivity contribution in [3.8, 4) is 0 Å². The number of amides is 2. The van der Waals surface area contributed by atoms with Gasteiger partial charge in [0.2, 0.25) is 0 Å². The number of carbonyl (C=O) groups is 1. The predicted molar refractivity (Wildman–Crippen MR) is 79.8 cm³/mol. The molecule has 2 aromatic rings. The Hall–Kier alpha value is -2.51. The number of aromatic nitrogens is 2. The van der Waals surface area contributed by atoms with E-state index in [2.05, 4.69) is 20.6 Å². The molecule has 23 heavy (non-hydrogen) atoms. The van der Waals surface area contributed by atoms with Crippen LogP contribution < -0.4 is 10.6 Å². The largest absolute Gasteiger partial charge is 0.416 e. The fourth-order valence-corrected chi connectivity index (χ4v) is 2.05. The maximum Gasteiger partial charge on any atom is 0.416 e. The molecule has 0 saturated carbocycles. The third kappa shape index (κ3) is 4.48. The van der Waals surface area contributed by atoms with Crippen LogP contribution in [0.2, 0.25) is 0 Å². The van der Waals surface area contributed by atoms with Gasteiger partial charge < -0.3 is 15.6 Å². The average molecular weight is 326 g/mol. The van der Waals surface area contributed by atoms with Crippen LogP contribution in [0.5, 0.6) is 0 Å². The van der Waals surface area contributed by atoms with Gasteiger partial charge in [0.15, 0.2) is 0 Å². The molecule has 1 heterocycles. The van der Waals surface area contributed by atoms with Crippen LogP contribution in [0.3, 0.4) is 0 Å². The summed E-state index contributed by atoms with van der Waals surface area (Å²) in [5.41, 5.74) is -0.489. The fourth-order valence-electron chi connectivity index (χ4n) is 2.05. The van der Waals surface area contributed by atoms with Crippen molar-refractivity contribution in [1.29, 1.82) is 0 Å². The number of H-pyrrole nitrogens is 1. The minimum atomic E-state index is -4.40. The molecule has 0 bridgehead atoms. The summed E-state index contributed by atoms with van der Waals surface area (Å²) in [6, 6.07) is 3.41. The number of aromatic amines is 1. The number of hydrogen-bond acceptors (Lipinski definition) is 2. The van der Waals surface area contributed by atoms with Crippen LogP contribution >= 0.6 is 0 Å². The molecule has 0 radical (unpaired) electrons. The molecule has 3 N–H and O–H groups in total. The van der Waals surface area contributed by atoms with E-state index in [-0.39, 0.29) is 17.6 Å². The lowest BCUT2D eigenvalue weighted by molar-refractivity contribution is -0.137. The first-order valence-corrected chi connectivity index (χ1v) is 7.01. The fraction of sp³-hybridized carbons (Fsp3) is 0.333. The van der Waals surface area contributed by atoms with Gasteiger partial charge in [-0.05, 0) is 30.2 Å². The maximum atomic E-state index is 12.5. The molecule has 1 aromatic carbocycles. The zero-order valence-electron chi connectivity index (χ0n) is 12.6. The number of nitrogens with one attached hydrogen (secondary N) is 3. The second-order valence-electron chi connectivity index (χ2n) is 5.37. The lowest BCUT2D eigenvalue weighted by Gasteiger charge is -2.20. The number of benzene rings is 1. The number of imidazole rings is 1. The van der Waals surface area contributed by atoms with Crippen LogP contribution in [-0.4, -0.2) is 16.0 Å². The highest BCUT2D eigenvalue weighted by Gasteiger charge is 2.30. The third-order valence-electron chi connectivity index (χ3n) is 3.24. The molecule has 0 aliphatic heterocycles. The Labute approximate surface area is 131 Å². The Morgan fingerprint density at radius 1 is 1.22 bits per heavy atom. The molecule has 0 fully saturated rings. The van der Waals surface area contributed by atoms with Gasteiger partial charge in [-0.2, -0.15) is 13.2 Å². The molecule has 2 amide bonds. The number of urea groups is 1. The van der Waals surface area contributed by atoms with Gasteiger partial charge in [-0.1, -0.05) is 13.8 Å². The Balaban J connectivity index is 2.01. The number of nitrogens with zero attached hydrogens (tertiary/aromatic N) is 1. The predicted octanol–water partition coefficient (Wildman–Crippen LogP) is 3.95. The van der Waals surface area contributed by atoms with Crippen LogP contribution in [0.15, 0.2) is 36.7 Å². The molecule has 2 rings (SSSR count). The summed E-state index contributed by atoms with van der Waals surface area (Å²) >= 11 is 0. The highest BCUT2D eigenvalue weighted by Crippen LogP contribution is 2.29. The Bertz CT molecular complexity index is 636. The van der Waals surface area contributed by atoms with Crippen LogP contribution in [0.25, 0.3) is 0 Å². The number of anilines is 1. The molecule has 0 spiro atoms. The highest BCUT2D eigenvalue weighted by atomic mass is 19.4. The lowest BCUT2D eigenvalue weighted by atomic mass is 10.0. The summed E-state index contributed by atoms with van der Waals surface area (Å²) in [6.45, 7) is 3.84. The summed E-state index contributed by atoms with van der Waals surface area (Å²) in [7, 11) is 0. The molecule has 1 atom stereocenters. The van der Waals surface area contributed by atoms with E-state index >= 15 is 0 Å². The number of carbonyl (C=O) groups excluding carboxylic acids is 1. The van der Waals surface area contributed by atoms with Crippen LogP contribution in [0.1, 0.15) is 31.3 Å². The van der Waals surface area contributed by atoms with Gasteiger partial charge in [0, 0.05) is 18.1 Å². The Morgan fingerprint density at radius 3 is 2.35 bits per heavy atom. The Kier molecular flexibility index (Phi) is 4.92. The van der Waals surface area contributed by atoms with E-state index in [1.165, 1.54) is 12.1 Å². The molecule has 5 nitrogen and oxygen atoms in total. The van der Waals surface area contributed by atoms with Crippen LogP contribution in [-0.2, 0) is 6.18 Å². The van der Waals surface area contributed by atoms with E-state index in [4.69, 9.17) is 0 Å². The van der Waals surface area contributed by atoms with Gasteiger partial charge in [0.05, 0.1) is 11.6 Å². The maximum absolute atomic E-state index is 12.5. The smallest absolute Gasteiger partial charge is 0.347 e. The Morgan fingerprint density at radius 2 is 1.87 bits per heavy atom. The summed E-state index contributed by atoms with van der Waals surface area (Å²) < 4.78 is 37.5. The van der Waals surface area contributed by atoms with Crippen molar-refractivity contribution in [2.24, 2.45) is 5.92 Å². The summed E-state index contributed by atoms with van der Waals surface area (Å²) in [4.78, 5) is 19.1. The zero-order valence-corrected chi connectivity index (χ0v) is 12.6. The molecular weight excluding hydrogens is 309 g/mol. The van der Waals surface area contributed by atoms with Crippen molar-refractivity contribution in [3.63, 3.8) is 0 Å². The van der Waals surface area contributed by atoms with E-state index < -0.39 is 17.8 Å². The van der Waals surface area contributed by atoms with E-state index in [1.807, 2.05) is 13.8 Å². The second-order valence-corrected chi connectivity index (χ2v) is 5.37. The molecule has 124 valence electrons. The second kappa shape index (κ2) is 6.72. The molecule has 0 saturated heterocycles. The van der Waals surface area contributed by atoms with Crippen molar-refractivity contribution in [2.45, 2.75) is 26.1 Å². The summed E-state index contributed by atoms with van der Waals surface area (Å²) in [6.07, 6.45) is -1.16. The van der Waals surface area contributed by atoms with Crippen molar-refractivity contribution < 1.29 is 18.0 Å². The summed E-state index contributed by atoms with van der Waals surface area (Å²) in [5, 5.41) is 5.25. The molecule has 8 heteroatoms. The normalized spacial score (nSPS) is 13.0. The van der Waals surface area contributed by atoms with Crippen LogP contribution in [0.4, 0.5) is 23.7 Å². The first-order chi connectivity index (χ1) is 10.8. The topological polar surface area (TPSA) is 69.8 Å².